The zero-order valence-corrected chi connectivity index (χ0v) is 7.40. The van der Waals surface area contributed by atoms with Crippen LogP contribution in [0.3, 0.4) is 0 Å². The molecule has 1 fully saturated rings. The monoisotopic (exact) mass is 173 g/mol. The molecular formula is C8H15NO3. The third-order valence-corrected chi connectivity index (χ3v) is 2.27. The lowest BCUT2D eigenvalue weighted by Gasteiger charge is -2.24. The summed E-state index contributed by atoms with van der Waals surface area (Å²) in [5, 5.41) is 18.1. The van der Waals surface area contributed by atoms with E-state index in [4.69, 9.17) is 5.11 Å². The van der Waals surface area contributed by atoms with E-state index in [1.807, 2.05) is 18.7 Å². The number of likely N-dealkylation sites (tertiary alicyclic amines) is 1. The van der Waals surface area contributed by atoms with E-state index in [-0.39, 0.29) is 6.04 Å². The largest absolute Gasteiger partial charge is 0.480 e. The van der Waals surface area contributed by atoms with Gasteiger partial charge in [0.15, 0.2) is 0 Å². The van der Waals surface area contributed by atoms with E-state index >= 15 is 0 Å². The number of hydrogen-bond donors (Lipinski definition) is 2. The Bertz CT molecular complexity index is 181. The maximum absolute atomic E-state index is 10.7. The van der Waals surface area contributed by atoms with Crippen molar-refractivity contribution in [1.82, 2.24) is 4.90 Å². The summed E-state index contributed by atoms with van der Waals surface area (Å²) in [6.07, 6.45) is -0.124. The van der Waals surface area contributed by atoms with Crippen LogP contribution >= 0.6 is 0 Å². The third kappa shape index (κ3) is 1.76. The third-order valence-electron chi connectivity index (χ3n) is 2.27. The number of carboxylic acids is 1. The van der Waals surface area contributed by atoms with Gasteiger partial charge >= 0.3 is 5.97 Å². The Hall–Kier alpha value is -0.610. The predicted octanol–water partition coefficient (Wildman–Crippen LogP) is -0.0854. The minimum atomic E-state index is -0.833. The van der Waals surface area contributed by atoms with Gasteiger partial charge in [0.1, 0.15) is 6.04 Å². The molecule has 0 amide bonds. The summed E-state index contributed by atoms with van der Waals surface area (Å²) < 4.78 is 0. The molecule has 0 aromatic heterocycles. The summed E-state index contributed by atoms with van der Waals surface area (Å²) in [7, 11) is 0. The van der Waals surface area contributed by atoms with Gasteiger partial charge in [-0.05, 0) is 13.8 Å². The second kappa shape index (κ2) is 3.41. The lowest BCUT2D eigenvalue weighted by atomic mass is 10.2. The van der Waals surface area contributed by atoms with Crippen molar-refractivity contribution >= 4 is 5.97 Å². The Morgan fingerprint density at radius 2 is 2.17 bits per heavy atom. The molecule has 0 bridgehead atoms. The van der Waals surface area contributed by atoms with Gasteiger partial charge in [-0.25, -0.2) is 0 Å². The molecule has 1 unspecified atom stereocenters. The summed E-state index contributed by atoms with van der Waals surface area (Å²) in [6, 6.07) is -0.316. The van der Waals surface area contributed by atoms with Gasteiger partial charge in [-0.15, -0.1) is 0 Å². The molecule has 4 nitrogen and oxygen atoms in total. The van der Waals surface area contributed by atoms with Crippen LogP contribution in [0.25, 0.3) is 0 Å². The Morgan fingerprint density at radius 1 is 1.58 bits per heavy atom. The molecule has 1 aliphatic rings. The average Bonchev–Trinajstić information content (AvgIpc) is 2.31. The molecule has 2 atom stereocenters. The number of aliphatic hydroxyl groups is 1. The van der Waals surface area contributed by atoms with Crippen LogP contribution in [0, 0.1) is 0 Å². The topological polar surface area (TPSA) is 60.8 Å². The van der Waals surface area contributed by atoms with Gasteiger partial charge in [-0.3, -0.25) is 9.69 Å². The highest BCUT2D eigenvalue weighted by atomic mass is 16.4. The van der Waals surface area contributed by atoms with Crippen LogP contribution in [0.5, 0.6) is 0 Å². The number of aliphatic carboxylic acids is 1. The van der Waals surface area contributed by atoms with Gasteiger partial charge in [-0.2, -0.15) is 0 Å². The van der Waals surface area contributed by atoms with Crippen LogP contribution in [0.15, 0.2) is 0 Å². The minimum absolute atomic E-state index is 0.184. The molecule has 0 radical (unpaired) electrons. The SMILES string of the molecule is CC(C)N1C[C@H](O)CC1C(=O)O. The molecule has 70 valence electrons. The second-order valence-electron chi connectivity index (χ2n) is 3.53. The summed E-state index contributed by atoms with van der Waals surface area (Å²) in [5.74, 6) is -0.833. The molecule has 0 saturated carbocycles. The van der Waals surface area contributed by atoms with E-state index in [0.717, 1.165) is 0 Å². The van der Waals surface area contributed by atoms with Crippen molar-refractivity contribution in [2.45, 2.75) is 38.5 Å². The Morgan fingerprint density at radius 3 is 2.50 bits per heavy atom. The lowest BCUT2D eigenvalue weighted by Crippen LogP contribution is -2.40. The van der Waals surface area contributed by atoms with Crippen molar-refractivity contribution in [1.29, 1.82) is 0 Å². The van der Waals surface area contributed by atoms with Gasteiger partial charge in [0.05, 0.1) is 6.10 Å². The molecule has 0 aromatic rings. The van der Waals surface area contributed by atoms with Crippen LogP contribution in [-0.4, -0.2) is 45.8 Å². The van der Waals surface area contributed by atoms with Crippen LogP contribution in [0.2, 0.25) is 0 Å². The molecular weight excluding hydrogens is 158 g/mol. The van der Waals surface area contributed by atoms with E-state index in [1.54, 1.807) is 0 Å². The Balaban J connectivity index is 2.65. The van der Waals surface area contributed by atoms with Crippen LogP contribution in [-0.2, 0) is 4.79 Å². The fourth-order valence-corrected chi connectivity index (χ4v) is 1.65. The van der Waals surface area contributed by atoms with Crippen molar-refractivity contribution < 1.29 is 15.0 Å². The zero-order valence-electron chi connectivity index (χ0n) is 7.40. The molecule has 4 heteroatoms. The number of nitrogens with zero attached hydrogens (tertiary/aromatic N) is 1. The number of carbonyl (C=O) groups is 1. The first-order valence-corrected chi connectivity index (χ1v) is 4.19. The highest BCUT2D eigenvalue weighted by molar-refractivity contribution is 5.74. The molecule has 1 rings (SSSR count). The van der Waals surface area contributed by atoms with Crippen molar-refractivity contribution in [3.63, 3.8) is 0 Å². The summed E-state index contributed by atoms with van der Waals surface area (Å²) in [4.78, 5) is 12.5. The molecule has 0 spiro atoms. The van der Waals surface area contributed by atoms with Crippen LogP contribution in [0.4, 0.5) is 0 Å². The summed E-state index contributed by atoms with van der Waals surface area (Å²) in [6.45, 7) is 4.36. The van der Waals surface area contributed by atoms with Gasteiger partial charge < -0.3 is 10.2 Å². The molecule has 1 heterocycles. The normalized spacial score (nSPS) is 31.3. The van der Waals surface area contributed by atoms with Gasteiger partial charge in [0.25, 0.3) is 0 Å². The zero-order chi connectivity index (χ0) is 9.30. The standard InChI is InChI=1S/C8H15NO3/c1-5(2)9-4-6(10)3-7(9)8(11)12/h5-7,10H,3-4H2,1-2H3,(H,11,12)/t6-,7?/m1/s1. The van der Waals surface area contributed by atoms with Gasteiger partial charge in [0.2, 0.25) is 0 Å². The van der Waals surface area contributed by atoms with E-state index in [0.29, 0.717) is 13.0 Å². The number of β-amino-alcohol motifs (C(OH)–C–C–N with tert-alkyl or cyclic N) is 1. The van der Waals surface area contributed by atoms with Crippen molar-refractivity contribution in [3.05, 3.63) is 0 Å². The first-order valence-electron chi connectivity index (χ1n) is 4.19. The van der Waals surface area contributed by atoms with Crippen LogP contribution in [0.1, 0.15) is 20.3 Å². The van der Waals surface area contributed by atoms with E-state index in [1.165, 1.54) is 0 Å². The van der Waals surface area contributed by atoms with Crippen molar-refractivity contribution in [2.24, 2.45) is 0 Å². The van der Waals surface area contributed by atoms with E-state index in [9.17, 15) is 9.90 Å². The highest BCUT2D eigenvalue weighted by Crippen LogP contribution is 2.20. The summed E-state index contributed by atoms with van der Waals surface area (Å²) in [5.41, 5.74) is 0. The Labute approximate surface area is 71.8 Å². The number of hydrogen-bond acceptors (Lipinski definition) is 3. The first kappa shape index (κ1) is 9.48. The molecule has 2 N–H and O–H groups in total. The highest BCUT2D eigenvalue weighted by Gasteiger charge is 2.36. The van der Waals surface area contributed by atoms with Gasteiger partial charge in [-0.1, -0.05) is 0 Å². The fraction of sp³-hybridized carbons (Fsp3) is 0.875. The maximum atomic E-state index is 10.7. The van der Waals surface area contributed by atoms with E-state index < -0.39 is 18.1 Å². The first-order chi connectivity index (χ1) is 5.52. The average molecular weight is 173 g/mol. The molecule has 0 aliphatic carbocycles. The number of aliphatic hydroxyl groups excluding tert-OH is 1. The summed E-state index contributed by atoms with van der Waals surface area (Å²) >= 11 is 0. The number of carboxylic acid groups (broad SMARTS) is 1. The molecule has 1 aliphatic heterocycles. The van der Waals surface area contributed by atoms with Crippen LogP contribution < -0.4 is 0 Å². The smallest absolute Gasteiger partial charge is 0.321 e. The Kier molecular flexibility index (Phi) is 2.69. The quantitative estimate of drug-likeness (QED) is 0.613. The second-order valence-corrected chi connectivity index (χ2v) is 3.53. The molecule has 1 saturated heterocycles. The van der Waals surface area contributed by atoms with E-state index in [2.05, 4.69) is 0 Å². The minimum Gasteiger partial charge on any atom is -0.480 e. The lowest BCUT2D eigenvalue weighted by molar-refractivity contribution is -0.142. The van der Waals surface area contributed by atoms with Crippen molar-refractivity contribution in [2.75, 3.05) is 6.54 Å². The molecule has 12 heavy (non-hydrogen) atoms. The van der Waals surface area contributed by atoms with Gasteiger partial charge in [0, 0.05) is 19.0 Å². The maximum Gasteiger partial charge on any atom is 0.321 e. The fourth-order valence-electron chi connectivity index (χ4n) is 1.65. The molecule has 0 aromatic carbocycles. The number of rotatable bonds is 2. The van der Waals surface area contributed by atoms with Crippen molar-refractivity contribution in [3.8, 4) is 0 Å². The predicted molar refractivity (Wildman–Crippen MR) is 43.9 cm³/mol.